The lowest BCUT2D eigenvalue weighted by Crippen LogP contribution is -2.18. The molecule has 0 aliphatic rings. The maximum Gasteiger partial charge on any atom is 0.223 e. The second-order valence-electron chi connectivity index (χ2n) is 6.29. The molecule has 26 heavy (non-hydrogen) atoms. The molecule has 0 aliphatic carbocycles. The van der Waals surface area contributed by atoms with Gasteiger partial charge in [0.05, 0.1) is 12.2 Å². The molecular formula is C22H21NO3. The van der Waals surface area contributed by atoms with Gasteiger partial charge in [0.15, 0.2) is 11.5 Å². The Bertz CT molecular complexity index is 957. The number of carbonyl (C=O) groups excluding carboxylic acids is 1. The third-order valence-electron chi connectivity index (χ3n) is 4.30. The van der Waals surface area contributed by atoms with Crippen molar-refractivity contribution in [2.45, 2.75) is 27.0 Å². The van der Waals surface area contributed by atoms with Crippen LogP contribution in [0.5, 0.6) is 5.75 Å². The van der Waals surface area contributed by atoms with E-state index < -0.39 is 0 Å². The van der Waals surface area contributed by atoms with Crippen molar-refractivity contribution in [3.63, 3.8) is 0 Å². The van der Waals surface area contributed by atoms with Crippen molar-refractivity contribution in [1.82, 2.24) is 4.57 Å². The highest BCUT2D eigenvalue weighted by atomic mass is 16.5. The molecule has 0 aliphatic heterocycles. The molecule has 4 heteroatoms. The van der Waals surface area contributed by atoms with Gasteiger partial charge in [-0.2, -0.15) is 0 Å². The number of aromatic nitrogens is 1. The molecule has 0 radical (unpaired) electrons. The van der Waals surface area contributed by atoms with Gasteiger partial charge in [-0.1, -0.05) is 60.2 Å². The molecule has 0 fully saturated rings. The van der Waals surface area contributed by atoms with Crippen LogP contribution in [0.3, 0.4) is 0 Å². The van der Waals surface area contributed by atoms with Gasteiger partial charge in [-0.05, 0) is 19.4 Å². The monoisotopic (exact) mass is 347 g/mol. The van der Waals surface area contributed by atoms with Crippen molar-refractivity contribution in [3.05, 3.63) is 99.5 Å². The molecule has 1 aromatic heterocycles. The molecule has 0 unspecified atom stereocenters. The van der Waals surface area contributed by atoms with E-state index in [4.69, 9.17) is 4.74 Å². The Morgan fingerprint density at radius 1 is 0.962 bits per heavy atom. The first-order chi connectivity index (χ1) is 12.5. The van der Waals surface area contributed by atoms with Crippen molar-refractivity contribution in [3.8, 4) is 5.75 Å². The number of hydrogen-bond donors (Lipinski definition) is 0. The van der Waals surface area contributed by atoms with Crippen LogP contribution in [-0.2, 0) is 13.2 Å². The summed E-state index contributed by atoms with van der Waals surface area (Å²) in [7, 11) is 0. The van der Waals surface area contributed by atoms with E-state index in [-0.39, 0.29) is 23.5 Å². The molecular weight excluding hydrogens is 326 g/mol. The molecule has 132 valence electrons. The fourth-order valence-electron chi connectivity index (χ4n) is 2.72. The van der Waals surface area contributed by atoms with Crippen LogP contribution < -0.4 is 10.2 Å². The first-order valence-corrected chi connectivity index (χ1v) is 8.51. The first-order valence-electron chi connectivity index (χ1n) is 8.51. The third-order valence-corrected chi connectivity index (χ3v) is 4.30. The maximum atomic E-state index is 12.5. The zero-order chi connectivity index (χ0) is 18.5. The van der Waals surface area contributed by atoms with Gasteiger partial charge in [0.25, 0.3) is 0 Å². The van der Waals surface area contributed by atoms with Crippen LogP contribution in [-0.4, -0.2) is 10.4 Å². The van der Waals surface area contributed by atoms with E-state index in [1.54, 1.807) is 17.7 Å². The number of Topliss-reactive ketones (excluding diaryl/α,β-unsaturated/α-hetero) is 1. The van der Waals surface area contributed by atoms with Gasteiger partial charge in [-0.15, -0.1) is 0 Å². The van der Waals surface area contributed by atoms with Gasteiger partial charge in [0.1, 0.15) is 6.61 Å². The van der Waals surface area contributed by atoms with Crippen LogP contribution in [0.25, 0.3) is 0 Å². The average Bonchev–Trinajstić information content (AvgIpc) is 2.65. The average molecular weight is 347 g/mol. The highest BCUT2D eigenvalue weighted by Gasteiger charge is 2.12. The second kappa shape index (κ2) is 7.83. The van der Waals surface area contributed by atoms with Gasteiger partial charge >= 0.3 is 0 Å². The molecule has 3 rings (SSSR count). The number of aryl methyl sites for hydroxylation is 1. The topological polar surface area (TPSA) is 48.3 Å². The van der Waals surface area contributed by atoms with Crippen LogP contribution >= 0.6 is 0 Å². The summed E-state index contributed by atoms with van der Waals surface area (Å²) in [5.41, 5.74) is 3.21. The number of ketones is 1. The van der Waals surface area contributed by atoms with Crippen LogP contribution in [0, 0.1) is 13.8 Å². The zero-order valence-electron chi connectivity index (χ0n) is 14.9. The first kappa shape index (κ1) is 17.7. The van der Waals surface area contributed by atoms with Crippen molar-refractivity contribution in [1.29, 1.82) is 0 Å². The van der Waals surface area contributed by atoms with Crippen molar-refractivity contribution < 1.29 is 9.53 Å². The van der Waals surface area contributed by atoms with Crippen molar-refractivity contribution in [2.24, 2.45) is 0 Å². The molecule has 0 saturated heterocycles. The number of hydrogen-bond acceptors (Lipinski definition) is 3. The number of pyridine rings is 1. The number of carbonyl (C=O) groups is 1. The van der Waals surface area contributed by atoms with Crippen LogP contribution in [0.2, 0.25) is 0 Å². The quantitative estimate of drug-likeness (QED) is 0.635. The smallest absolute Gasteiger partial charge is 0.223 e. The molecule has 2 aromatic carbocycles. The van der Waals surface area contributed by atoms with E-state index in [9.17, 15) is 9.59 Å². The highest BCUT2D eigenvalue weighted by Crippen LogP contribution is 2.15. The molecule has 1 heterocycles. The standard InChI is InChI=1S/C22H21NO3/c1-16-8-10-19(11-9-16)21(25)14-23-13-12-20(24)22(17(23)2)26-15-18-6-4-3-5-7-18/h3-13H,14-15H2,1-2H3. The van der Waals surface area contributed by atoms with E-state index in [1.807, 2.05) is 61.5 Å². The number of benzene rings is 2. The predicted octanol–water partition coefficient (Wildman–Crippen LogP) is 3.93. The molecule has 4 nitrogen and oxygen atoms in total. The van der Waals surface area contributed by atoms with Crippen molar-refractivity contribution in [2.75, 3.05) is 0 Å². The van der Waals surface area contributed by atoms with Gasteiger partial charge in [0, 0.05) is 17.8 Å². The molecule has 3 aromatic rings. The fourth-order valence-corrected chi connectivity index (χ4v) is 2.72. The summed E-state index contributed by atoms with van der Waals surface area (Å²) in [5.74, 6) is 0.277. The van der Waals surface area contributed by atoms with Gasteiger partial charge < -0.3 is 9.30 Å². The maximum absolute atomic E-state index is 12.5. The Hall–Kier alpha value is -3.14. The summed E-state index contributed by atoms with van der Waals surface area (Å²) in [6.45, 7) is 4.25. The minimum atomic E-state index is -0.183. The van der Waals surface area contributed by atoms with E-state index >= 15 is 0 Å². The van der Waals surface area contributed by atoms with E-state index in [1.165, 1.54) is 6.07 Å². The largest absolute Gasteiger partial charge is 0.483 e. The number of nitrogens with zero attached hydrogens (tertiary/aromatic N) is 1. The lowest BCUT2D eigenvalue weighted by Gasteiger charge is -2.14. The summed E-state index contributed by atoms with van der Waals surface area (Å²) in [5, 5.41) is 0. The Kier molecular flexibility index (Phi) is 5.32. The van der Waals surface area contributed by atoms with Crippen LogP contribution in [0.1, 0.15) is 27.2 Å². The van der Waals surface area contributed by atoms with Crippen molar-refractivity contribution >= 4 is 5.78 Å². The lowest BCUT2D eigenvalue weighted by atomic mass is 10.1. The number of ether oxygens (including phenoxy) is 1. The lowest BCUT2D eigenvalue weighted by molar-refractivity contribution is 0.0970. The minimum Gasteiger partial charge on any atom is -0.483 e. The SMILES string of the molecule is Cc1ccc(C(=O)Cn2ccc(=O)c(OCc3ccccc3)c2C)cc1. The summed E-state index contributed by atoms with van der Waals surface area (Å²) in [4.78, 5) is 24.7. The Morgan fingerprint density at radius 3 is 2.35 bits per heavy atom. The zero-order valence-corrected chi connectivity index (χ0v) is 14.9. The van der Waals surface area contributed by atoms with Gasteiger partial charge in [0.2, 0.25) is 5.43 Å². The minimum absolute atomic E-state index is 0.00856. The third kappa shape index (κ3) is 4.09. The normalized spacial score (nSPS) is 10.5. The summed E-state index contributed by atoms with van der Waals surface area (Å²) >= 11 is 0. The molecule has 0 amide bonds. The molecule has 0 atom stereocenters. The highest BCUT2D eigenvalue weighted by molar-refractivity contribution is 5.96. The van der Waals surface area contributed by atoms with Gasteiger partial charge in [-0.3, -0.25) is 9.59 Å². The fraction of sp³-hybridized carbons (Fsp3) is 0.182. The van der Waals surface area contributed by atoms with Gasteiger partial charge in [-0.25, -0.2) is 0 Å². The van der Waals surface area contributed by atoms with E-state index in [0.29, 0.717) is 17.9 Å². The number of rotatable bonds is 6. The van der Waals surface area contributed by atoms with E-state index in [0.717, 1.165) is 11.1 Å². The Morgan fingerprint density at radius 2 is 1.65 bits per heavy atom. The molecule has 0 saturated carbocycles. The van der Waals surface area contributed by atoms with Crippen LogP contribution in [0.4, 0.5) is 0 Å². The van der Waals surface area contributed by atoms with Crippen LogP contribution in [0.15, 0.2) is 71.7 Å². The summed E-state index contributed by atoms with van der Waals surface area (Å²) < 4.78 is 7.51. The Labute approximate surface area is 152 Å². The predicted molar refractivity (Wildman–Crippen MR) is 102 cm³/mol. The van der Waals surface area contributed by atoms with E-state index in [2.05, 4.69) is 0 Å². The molecule has 0 bridgehead atoms. The Balaban J connectivity index is 1.79. The summed E-state index contributed by atoms with van der Waals surface area (Å²) in [6.07, 6.45) is 1.64. The molecule has 0 spiro atoms. The second-order valence-corrected chi connectivity index (χ2v) is 6.29. The molecule has 0 N–H and O–H groups in total. The summed E-state index contributed by atoms with van der Waals surface area (Å²) in [6, 6.07) is 18.6.